The Morgan fingerprint density at radius 1 is 1.38 bits per heavy atom. The molecule has 21 heavy (non-hydrogen) atoms. The Morgan fingerprint density at radius 2 is 2.29 bits per heavy atom. The minimum absolute atomic E-state index is 0.0323. The highest BCUT2D eigenvalue weighted by molar-refractivity contribution is 5.20. The molecular weight excluding hydrogens is 269 g/mol. The molecule has 1 aromatic carbocycles. The Labute approximate surface area is 126 Å². The molecular formula is C17H26FNO2. The summed E-state index contributed by atoms with van der Waals surface area (Å²) in [7, 11) is 0. The summed E-state index contributed by atoms with van der Waals surface area (Å²) in [6, 6.07) is 6.80. The first-order valence-corrected chi connectivity index (χ1v) is 7.96. The standard InChI is InChI=1S/C17H26FNO2/c1-2-20-10-5-11-21-17(15-7-4-9-19-13-15)14-6-3-8-16(18)12-14/h3,6,8,12,15,17,19H,2,4-5,7,9-11,13H2,1H3/t15-,17+/m1/s1. The number of nitrogens with one attached hydrogen (secondary N) is 1. The summed E-state index contributed by atoms with van der Waals surface area (Å²) in [6.07, 6.45) is 3.12. The van der Waals surface area contributed by atoms with Gasteiger partial charge in [-0.1, -0.05) is 12.1 Å². The fourth-order valence-electron chi connectivity index (χ4n) is 2.84. The van der Waals surface area contributed by atoms with Gasteiger partial charge in [0.25, 0.3) is 0 Å². The van der Waals surface area contributed by atoms with Crippen molar-refractivity contribution < 1.29 is 13.9 Å². The minimum atomic E-state index is -0.195. The van der Waals surface area contributed by atoms with E-state index in [4.69, 9.17) is 9.47 Å². The lowest BCUT2D eigenvalue weighted by molar-refractivity contribution is -0.00734. The summed E-state index contributed by atoms with van der Waals surface area (Å²) >= 11 is 0. The van der Waals surface area contributed by atoms with Crippen molar-refractivity contribution in [1.82, 2.24) is 5.32 Å². The number of hydrogen-bond donors (Lipinski definition) is 1. The van der Waals surface area contributed by atoms with Gasteiger partial charge in [-0.25, -0.2) is 4.39 Å². The molecule has 0 bridgehead atoms. The van der Waals surface area contributed by atoms with Gasteiger partial charge in [0.15, 0.2) is 0 Å². The monoisotopic (exact) mass is 295 g/mol. The van der Waals surface area contributed by atoms with E-state index in [1.165, 1.54) is 6.07 Å². The molecule has 1 aliphatic rings. The van der Waals surface area contributed by atoms with E-state index in [1.54, 1.807) is 12.1 Å². The van der Waals surface area contributed by atoms with Gasteiger partial charge in [0.2, 0.25) is 0 Å². The van der Waals surface area contributed by atoms with Crippen molar-refractivity contribution in [3.63, 3.8) is 0 Å². The van der Waals surface area contributed by atoms with E-state index in [-0.39, 0.29) is 11.9 Å². The molecule has 118 valence electrons. The van der Waals surface area contributed by atoms with Gasteiger partial charge in [0, 0.05) is 32.3 Å². The molecule has 1 saturated heterocycles. The van der Waals surface area contributed by atoms with Gasteiger partial charge in [-0.3, -0.25) is 0 Å². The summed E-state index contributed by atoms with van der Waals surface area (Å²) in [4.78, 5) is 0. The third-order valence-corrected chi connectivity index (χ3v) is 3.87. The van der Waals surface area contributed by atoms with Crippen LogP contribution in [0.2, 0.25) is 0 Å². The first-order chi connectivity index (χ1) is 10.3. The van der Waals surface area contributed by atoms with Crippen LogP contribution in [0.3, 0.4) is 0 Å². The van der Waals surface area contributed by atoms with Crippen molar-refractivity contribution in [3.05, 3.63) is 35.6 Å². The van der Waals surface area contributed by atoms with Crippen LogP contribution in [-0.4, -0.2) is 32.9 Å². The largest absolute Gasteiger partial charge is 0.382 e. The second-order valence-electron chi connectivity index (χ2n) is 5.50. The fraction of sp³-hybridized carbons (Fsp3) is 0.647. The van der Waals surface area contributed by atoms with Crippen LogP contribution < -0.4 is 5.32 Å². The Bertz CT molecular complexity index is 408. The number of hydrogen-bond acceptors (Lipinski definition) is 3. The van der Waals surface area contributed by atoms with E-state index in [0.29, 0.717) is 12.5 Å². The summed E-state index contributed by atoms with van der Waals surface area (Å²) in [5.41, 5.74) is 0.945. The van der Waals surface area contributed by atoms with Gasteiger partial charge in [-0.15, -0.1) is 0 Å². The number of halogens is 1. The van der Waals surface area contributed by atoms with Crippen LogP contribution in [0.25, 0.3) is 0 Å². The van der Waals surface area contributed by atoms with Gasteiger partial charge in [0.05, 0.1) is 6.10 Å². The highest BCUT2D eigenvalue weighted by atomic mass is 19.1. The van der Waals surface area contributed by atoms with Crippen molar-refractivity contribution in [2.24, 2.45) is 5.92 Å². The van der Waals surface area contributed by atoms with Gasteiger partial charge in [-0.05, 0) is 50.4 Å². The molecule has 0 saturated carbocycles. The fourth-order valence-corrected chi connectivity index (χ4v) is 2.84. The molecule has 4 heteroatoms. The molecule has 2 atom stereocenters. The maximum atomic E-state index is 13.5. The van der Waals surface area contributed by atoms with E-state index >= 15 is 0 Å². The molecule has 0 aliphatic carbocycles. The second-order valence-corrected chi connectivity index (χ2v) is 5.50. The highest BCUT2D eigenvalue weighted by Gasteiger charge is 2.25. The van der Waals surface area contributed by atoms with Crippen LogP contribution in [-0.2, 0) is 9.47 Å². The third kappa shape index (κ3) is 5.38. The summed E-state index contributed by atoms with van der Waals surface area (Å²) in [6.45, 7) is 6.10. The van der Waals surface area contributed by atoms with Crippen molar-refractivity contribution >= 4 is 0 Å². The lowest BCUT2D eigenvalue weighted by atomic mass is 9.89. The lowest BCUT2D eigenvalue weighted by Gasteiger charge is -2.31. The van der Waals surface area contributed by atoms with Gasteiger partial charge in [-0.2, -0.15) is 0 Å². The Morgan fingerprint density at radius 3 is 3.00 bits per heavy atom. The quantitative estimate of drug-likeness (QED) is 0.746. The SMILES string of the molecule is CCOCCCO[C@@H](c1cccc(F)c1)[C@@H]1CCCNC1. The van der Waals surface area contributed by atoms with Crippen molar-refractivity contribution in [2.45, 2.75) is 32.3 Å². The zero-order valence-corrected chi connectivity index (χ0v) is 12.8. The van der Waals surface area contributed by atoms with Crippen LogP contribution >= 0.6 is 0 Å². The first kappa shape index (κ1) is 16.4. The lowest BCUT2D eigenvalue weighted by Crippen LogP contribution is -2.34. The smallest absolute Gasteiger partial charge is 0.123 e. The van der Waals surface area contributed by atoms with Gasteiger partial charge in [0.1, 0.15) is 5.82 Å². The normalized spacial score (nSPS) is 20.4. The summed E-state index contributed by atoms with van der Waals surface area (Å²) in [5.74, 6) is 0.215. The van der Waals surface area contributed by atoms with Crippen molar-refractivity contribution in [3.8, 4) is 0 Å². The van der Waals surface area contributed by atoms with Crippen molar-refractivity contribution in [1.29, 1.82) is 0 Å². The third-order valence-electron chi connectivity index (χ3n) is 3.87. The van der Waals surface area contributed by atoms with E-state index in [9.17, 15) is 4.39 Å². The molecule has 1 fully saturated rings. The van der Waals surface area contributed by atoms with Gasteiger partial charge >= 0.3 is 0 Å². The molecule has 3 nitrogen and oxygen atoms in total. The predicted molar refractivity (Wildman–Crippen MR) is 81.8 cm³/mol. The molecule has 1 aliphatic heterocycles. The Hall–Kier alpha value is -0.970. The molecule has 0 spiro atoms. The van der Waals surface area contributed by atoms with E-state index in [2.05, 4.69) is 5.32 Å². The molecule has 1 N–H and O–H groups in total. The van der Waals surface area contributed by atoms with Crippen molar-refractivity contribution in [2.75, 3.05) is 32.9 Å². The zero-order chi connectivity index (χ0) is 14.9. The highest BCUT2D eigenvalue weighted by Crippen LogP contribution is 2.31. The number of piperidine rings is 1. The molecule has 0 aromatic heterocycles. The maximum absolute atomic E-state index is 13.5. The zero-order valence-electron chi connectivity index (χ0n) is 12.8. The van der Waals surface area contributed by atoms with E-state index < -0.39 is 0 Å². The first-order valence-electron chi connectivity index (χ1n) is 7.96. The molecule has 1 aromatic rings. The van der Waals surface area contributed by atoms with Crippen LogP contribution in [0.5, 0.6) is 0 Å². The molecule has 2 rings (SSSR count). The van der Waals surface area contributed by atoms with Crippen LogP contribution in [0.4, 0.5) is 4.39 Å². The van der Waals surface area contributed by atoms with Crippen LogP contribution in [0.15, 0.2) is 24.3 Å². The topological polar surface area (TPSA) is 30.5 Å². The average molecular weight is 295 g/mol. The van der Waals surface area contributed by atoms with Crippen LogP contribution in [0.1, 0.15) is 37.9 Å². The van der Waals surface area contributed by atoms with E-state index in [1.807, 2.05) is 13.0 Å². The molecule has 1 heterocycles. The summed E-state index contributed by atoms with van der Waals surface area (Å²) in [5, 5.41) is 3.41. The second kappa shape index (κ2) is 9.13. The maximum Gasteiger partial charge on any atom is 0.123 e. The van der Waals surface area contributed by atoms with Crippen LogP contribution in [0, 0.1) is 11.7 Å². The summed E-state index contributed by atoms with van der Waals surface area (Å²) < 4.78 is 24.9. The Kier molecular flexibility index (Phi) is 7.13. The molecule has 0 amide bonds. The number of rotatable bonds is 8. The molecule has 0 radical (unpaired) electrons. The molecule has 0 unspecified atom stereocenters. The predicted octanol–water partition coefficient (Wildman–Crippen LogP) is 3.31. The minimum Gasteiger partial charge on any atom is -0.382 e. The Balaban J connectivity index is 1.96. The number of ether oxygens (including phenoxy) is 2. The van der Waals surface area contributed by atoms with E-state index in [0.717, 1.165) is 51.1 Å². The number of benzene rings is 1. The average Bonchev–Trinajstić information content (AvgIpc) is 2.52. The van der Waals surface area contributed by atoms with Gasteiger partial charge < -0.3 is 14.8 Å².